The van der Waals surface area contributed by atoms with Gasteiger partial charge in [0.15, 0.2) is 0 Å². The first-order valence-electron chi connectivity index (χ1n) is 7.81. The van der Waals surface area contributed by atoms with Crippen LogP contribution in [-0.4, -0.2) is 49.4 Å². The molecule has 2 aliphatic heterocycles. The third kappa shape index (κ3) is 4.12. The number of nitrogens with zero attached hydrogens (tertiary/aromatic N) is 2. The molecule has 0 aliphatic carbocycles. The van der Waals surface area contributed by atoms with Gasteiger partial charge >= 0.3 is 0 Å². The number of hydrogen-bond acceptors (Lipinski definition) is 6. The molecule has 0 amide bonds. The molecule has 1 atom stereocenters. The molecule has 116 valence electrons. The van der Waals surface area contributed by atoms with Gasteiger partial charge in [-0.05, 0) is 25.7 Å². The third-order valence-electron chi connectivity index (χ3n) is 4.03. The largest absolute Gasteiger partial charge is 0.381 e. The van der Waals surface area contributed by atoms with Crippen molar-refractivity contribution in [1.82, 2.24) is 15.3 Å². The minimum Gasteiger partial charge on any atom is -0.381 e. The van der Waals surface area contributed by atoms with E-state index in [4.69, 9.17) is 9.47 Å². The molecule has 2 N–H and O–H groups in total. The number of rotatable bonds is 4. The van der Waals surface area contributed by atoms with Gasteiger partial charge in [-0.25, -0.2) is 9.97 Å². The fourth-order valence-electron chi connectivity index (χ4n) is 2.80. The minimum atomic E-state index is 0.0316. The van der Waals surface area contributed by atoms with Gasteiger partial charge in [0, 0.05) is 38.9 Å². The van der Waals surface area contributed by atoms with Crippen molar-refractivity contribution in [2.75, 3.05) is 44.8 Å². The lowest BCUT2D eigenvalue weighted by Crippen LogP contribution is -2.34. The second-order valence-electron chi connectivity index (χ2n) is 5.73. The molecule has 2 aliphatic rings. The number of aryl methyl sites for hydroxylation is 1. The Hall–Kier alpha value is -1.24. The molecule has 0 radical (unpaired) electrons. The molecule has 0 aromatic carbocycles. The number of morpholine rings is 1. The number of hydrogen-bond donors (Lipinski definition) is 2. The second kappa shape index (κ2) is 7.15. The summed E-state index contributed by atoms with van der Waals surface area (Å²) in [6.45, 7) is 7.09. The van der Waals surface area contributed by atoms with Gasteiger partial charge in [0.25, 0.3) is 0 Å². The number of anilines is 1. The second-order valence-corrected chi connectivity index (χ2v) is 5.73. The summed E-state index contributed by atoms with van der Waals surface area (Å²) in [5.41, 5.74) is 0.962. The highest BCUT2D eigenvalue weighted by atomic mass is 16.5. The van der Waals surface area contributed by atoms with Crippen LogP contribution in [0.5, 0.6) is 0 Å². The molecule has 0 spiro atoms. The Kier molecular flexibility index (Phi) is 5.00. The van der Waals surface area contributed by atoms with Gasteiger partial charge in [0.2, 0.25) is 0 Å². The van der Waals surface area contributed by atoms with E-state index in [1.54, 1.807) is 0 Å². The number of ether oxygens (including phenoxy) is 2. The van der Waals surface area contributed by atoms with Crippen molar-refractivity contribution in [3.05, 3.63) is 17.6 Å². The zero-order valence-electron chi connectivity index (χ0n) is 12.6. The Morgan fingerprint density at radius 3 is 2.90 bits per heavy atom. The molecule has 6 heteroatoms. The fourth-order valence-corrected chi connectivity index (χ4v) is 2.80. The van der Waals surface area contributed by atoms with Gasteiger partial charge in [-0.3, -0.25) is 0 Å². The van der Waals surface area contributed by atoms with Crippen LogP contribution in [-0.2, 0) is 9.47 Å². The average molecular weight is 292 g/mol. The smallest absolute Gasteiger partial charge is 0.130 e. The normalized spacial score (nSPS) is 24.0. The van der Waals surface area contributed by atoms with Crippen molar-refractivity contribution in [1.29, 1.82) is 0 Å². The van der Waals surface area contributed by atoms with Crippen molar-refractivity contribution in [3.8, 4) is 0 Å². The highest BCUT2D eigenvalue weighted by Crippen LogP contribution is 2.20. The van der Waals surface area contributed by atoms with Crippen molar-refractivity contribution >= 4 is 5.82 Å². The summed E-state index contributed by atoms with van der Waals surface area (Å²) < 4.78 is 11.2. The fraction of sp³-hybridized carbons (Fsp3) is 0.733. The molecule has 0 bridgehead atoms. The van der Waals surface area contributed by atoms with Crippen LogP contribution in [0.15, 0.2) is 6.07 Å². The van der Waals surface area contributed by atoms with Crippen LogP contribution in [0.1, 0.15) is 30.5 Å². The summed E-state index contributed by atoms with van der Waals surface area (Å²) in [5.74, 6) is 2.36. The molecule has 0 saturated carbocycles. The third-order valence-corrected chi connectivity index (χ3v) is 4.03. The summed E-state index contributed by atoms with van der Waals surface area (Å²) in [4.78, 5) is 9.00. The predicted molar refractivity (Wildman–Crippen MR) is 80.4 cm³/mol. The number of aromatic nitrogens is 2. The minimum absolute atomic E-state index is 0.0316. The van der Waals surface area contributed by atoms with Crippen LogP contribution in [0.2, 0.25) is 0 Å². The first-order valence-corrected chi connectivity index (χ1v) is 7.81. The Labute approximate surface area is 125 Å². The first-order chi connectivity index (χ1) is 10.3. The van der Waals surface area contributed by atoms with E-state index in [0.717, 1.165) is 69.6 Å². The Bertz CT molecular complexity index is 457. The first kappa shape index (κ1) is 14.7. The molecule has 6 nitrogen and oxygen atoms in total. The molecule has 3 heterocycles. The van der Waals surface area contributed by atoms with Gasteiger partial charge in [-0.1, -0.05) is 0 Å². The summed E-state index contributed by atoms with van der Waals surface area (Å²) in [6, 6.07) is 2.02. The Balaban J connectivity index is 1.62. The summed E-state index contributed by atoms with van der Waals surface area (Å²) >= 11 is 0. The van der Waals surface area contributed by atoms with E-state index >= 15 is 0 Å². The van der Waals surface area contributed by atoms with Crippen LogP contribution in [0.3, 0.4) is 0 Å². The quantitative estimate of drug-likeness (QED) is 0.871. The zero-order valence-corrected chi connectivity index (χ0v) is 12.6. The van der Waals surface area contributed by atoms with Crippen LogP contribution < -0.4 is 10.6 Å². The zero-order chi connectivity index (χ0) is 14.5. The van der Waals surface area contributed by atoms with Gasteiger partial charge < -0.3 is 20.1 Å². The molecule has 21 heavy (non-hydrogen) atoms. The monoisotopic (exact) mass is 292 g/mol. The average Bonchev–Trinajstić information content (AvgIpc) is 2.54. The van der Waals surface area contributed by atoms with E-state index in [-0.39, 0.29) is 6.10 Å². The van der Waals surface area contributed by atoms with Crippen molar-refractivity contribution in [2.45, 2.75) is 25.9 Å². The maximum atomic E-state index is 5.77. The van der Waals surface area contributed by atoms with Gasteiger partial charge in [0.1, 0.15) is 17.7 Å². The topological polar surface area (TPSA) is 68.3 Å². The molecule has 0 unspecified atom stereocenters. The van der Waals surface area contributed by atoms with Crippen molar-refractivity contribution in [2.24, 2.45) is 5.92 Å². The molecule has 2 saturated heterocycles. The van der Waals surface area contributed by atoms with Gasteiger partial charge in [0.05, 0.1) is 12.3 Å². The van der Waals surface area contributed by atoms with Gasteiger partial charge in [-0.15, -0.1) is 0 Å². The molecular formula is C15H24N4O2. The van der Waals surface area contributed by atoms with Crippen molar-refractivity contribution in [3.63, 3.8) is 0 Å². The molecule has 2 fully saturated rings. The lowest BCUT2D eigenvalue weighted by Gasteiger charge is -2.24. The van der Waals surface area contributed by atoms with E-state index in [2.05, 4.69) is 20.6 Å². The SMILES string of the molecule is Cc1nc(NCC2CCOCC2)cc([C@H]2CNCCO2)n1. The number of nitrogens with one attached hydrogen (secondary N) is 2. The summed E-state index contributed by atoms with van der Waals surface area (Å²) in [5, 5.41) is 6.79. The summed E-state index contributed by atoms with van der Waals surface area (Å²) in [6.07, 6.45) is 2.28. The lowest BCUT2D eigenvalue weighted by atomic mass is 10.0. The molecule has 3 rings (SSSR count). The van der Waals surface area contributed by atoms with Crippen LogP contribution >= 0.6 is 0 Å². The Morgan fingerprint density at radius 1 is 1.29 bits per heavy atom. The van der Waals surface area contributed by atoms with Crippen LogP contribution in [0.25, 0.3) is 0 Å². The van der Waals surface area contributed by atoms with Crippen molar-refractivity contribution < 1.29 is 9.47 Å². The predicted octanol–water partition coefficient (Wildman–Crippen LogP) is 1.28. The summed E-state index contributed by atoms with van der Waals surface area (Å²) in [7, 11) is 0. The maximum Gasteiger partial charge on any atom is 0.130 e. The van der Waals surface area contributed by atoms with E-state index < -0.39 is 0 Å². The van der Waals surface area contributed by atoms with Gasteiger partial charge in [-0.2, -0.15) is 0 Å². The standard InChI is InChI=1S/C15H24N4O2/c1-11-18-13(14-10-16-4-7-21-14)8-15(19-11)17-9-12-2-5-20-6-3-12/h8,12,14,16H,2-7,9-10H2,1H3,(H,17,18,19)/t14-/m1/s1. The van der Waals surface area contributed by atoms with Crippen LogP contribution in [0, 0.1) is 12.8 Å². The van der Waals surface area contributed by atoms with E-state index in [1.165, 1.54) is 0 Å². The van der Waals surface area contributed by atoms with E-state index in [9.17, 15) is 0 Å². The van der Waals surface area contributed by atoms with E-state index in [1.807, 2.05) is 13.0 Å². The lowest BCUT2D eigenvalue weighted by molar-refractivity contribution is 0.0249. The maximum absolute atomic E-state index is 5.77. The molecule has 1 aromatic rings. The highest BCUT2D eigenvalue weighted by molar-refractivity contribution is 5.37. The Morgan fingerprint density at radius 2 is 2.14 bits per heavy atom. The molecular weight excluding hydrogens is 268 g/mol. The van der Waals surface area contributed by atoms with Crippen LogP contribution in [0.4, 0.5) is 5.82 Å². The highest BCUT2D eigenvalue weighted by Gasteiger charge is 2.19. The van der Waals surface area contributed by atoms with E-state index in [0.29, 0.717) is 5.92 Å². The molecule has 1 aromatic heterocycles.